The third-order valence-corrected chi connectivity index (χ3v) is 3.46. The van der Waals surface area contributed by atoms with E-state index in [0.29, 0.717) is 19.6 Å². The predicted octanol–water partition coefficient (Wildman–Crippen LogP) is 2.22. The van der Waals surface area contributed by atoms with Crippen LogP contribution in [-0.2, 0) is 9.53 Å². The molecule has 1 aromatic carbocycles. The molecule has 0 aliphatic carbocycles. The van der Waals surface area contributed by atoms with Gasteiger partial charge in [-0.1, -0.05) is 44.2 Å². The number of ether oxygens (including phenoxy) is 1. The van der Waals surface area contributed by atoms with Crippen molar-refractivity contribution < 1.29 is 9.53 Å². The molecule has 1 aromatic rings. The van der Waals surface area contributed by atoms with Gasteiger partial charge in [0.15, 0.2) is 0 Å². The first kappa shape index (κ1) is 16.7. The molecule has 1 atom stereocenters. The van der Waals surface area contributed by atoms with Crippen molar-refractivity contribution in [1.82, 2.24) is 10.2 Å². The van der Waals surface area contributed by atoms with Crippen LogP contribution in [0, 0.1) is 0 Å². The molecule has 4 heteroatoms. The van der Waals surface area contributed by atoms with E-state index in [1.807, 2.05) is 18.2 Å². The van der Waals surface area contributed by atoms with Crippen molar-refractivity contribution >= 4 is 5.91 Å². The van der Waals surface area contributed by atoms with Gasteiger partial charge in [0.1, 0.15) is 0 Å². The summed E-state index contributed by atoms with van der Waals surface area (Å²) in [7, 11) is 1.61. The van der Waals surface area contributed by atoms with Crippen molar-refractivity contribution in [3.8, 4) is 0 Å². The third kappa shape index (κ3) is 5.31. The molecule has 0 aliphatic heterocycles. The summed E-state index contributed by atoms with van der Waals surface area (Å²) in [6.07, 6.45) is 0.413. The van der Waals surface area contributed by atoms with Crippen LogP contribution in [0.5, 0.6) is 0 Å². The monoisotopic (exact) mass is 278 g/mol. The number of nitrogens with zero attached hydrogens (tertiary/aromatic N) is 1. The second-order valence-corrected chi connectivity index (χ2v) is 4.69. The van der Waals surface area contributed by atoms with E-state index >= 15 is 0 Å². The number of likely N-dealkylation sites (N-methyl/N-ethyl adjacent to an activating group) is 1. The number of nitrogens with one attached hydrogen (secondary N) is 1. The average molecular weight is 278 g/mol. The van der Waals surface area contributed by atoms with Gasteiger partial charge in [0, 0.05) is 20.1 Å². The lowest BCUT2D eigenvalue weighted by Crippen LogP contribution is -2.38. The van der Waals surface area contributed by atoms with Gasteiger partial charge < -0.3 is 10.1 Å². The summed E-state index contributed by atoms with van der Waals surface area (Å²) in [5.74, 6) is 0.0416. The molecule has 1 amide bonds. The molecule has 0 fully saturated rings. The van der Waals surface area contributed by atoms with Crippen LogP contribution in [0.3, 0.4) is 0 Å². The van der Waals surface area contributed by atoms with Crippen LogP contribution in [0.25, 0.3) is 0 Å². The van der Waals surface area contributed by atoms with Gasteiger partial charge in [-0.25, -0.2) is 0 Å². The van der Waals surface area contributed by atoms with Gasteiger partial charge >= 0.3 is 0 Å². The molecule has 4 nitrogen and oxygen atoms in total. The highest BCUT2D eigenvalue weighted by Gasteiger charge is 2.18. The Balaban J connectivity index is 2.66. The topological polar surface area (TPSA) is 41.6 Å². The van der Waals surface area contributed by atoms with Crippen molar-refractivity contribution in [2.75, 3.05) is 33.4 Å². The summed E-state index contributed by atoms with van der Waals surface area (Å²) in [6, 6.07) is 10.5. The molecule has 0 spiro atoms. The maximum Gasteiger partial charge on any atom is 0.222 e. The normalized spacial score (nSPS) is 12.4. The Bertz CT molecular complexity index is 377. The number of rotatable bonds is 9. The van der Waals surface area contributed by atoms with Crippen LogP contribution >= 0.6 is 0 Å². The lowest BCUT2D eigenvalue weighted by Gasteiger charge is -2.30. The number of carbonyl (C=O) groups excluding carboxylic acids is 1. The van der Waals surface area contributed by atoms with E-state index in [2.05, 4.69) is 36.2 Å². The van der Waals surface area contributed by atoms with Crippen LogP contribution in [0.2, 0.25) is 0 Å². The van der Waals surface area contributed by atoms with E-state index in [1.54, 1.807) is 7.11 Å². The summed E-state index contributed by atoms with van der Waals surface area (Å²) < 4.78 is 4.92. The molecule has 0 radical (unpaired) electrons. The molecule has 0 aliphatic rings. The van der Waals surface area contributed by atoms with Crippen LogP contribution < -0.4 is 5.32 Å². The predicted molar refractivity (Wildman–Crippen MR) is 81.6 cm³/mol. The summed E-state index contributed by atoms with van der Waals surface area (Å²) in [6.45, 7) is 7.31. The smallest absolute Gasteiger partial charge is 0.222 e. The van der Waals surface area contributed by atoms with Crippen LogP contribution in [0.1, 0.15) is 31.9 Å². The second-order valence-electron chi connectivity index (χ2n) is 4.69. The largest absolute Gasteiger partial charge is 0.384 e. The van der Waals surface area contributed by atoms with E-state index in [9.17, 15) is 4.79 Å². The van der Waals surface area contributed by atoms with Crippen LogP contribution in [0.4, 0.5) is 0 Å². The van der Waals surface area contributed by atoms with Crippen LogP contribution in [0.15, 0.2) is 30.3 Å². The summed E-state index contributed by atoms with van der Waals surface area (Å²) in [5, 5.41) is 3.00. The van der Waals surface area contributed by atoms with Crippen molar-refractivity contribution in [2.24, 2.45) is 0 Å². The molecule has 0 heterocycles. The number of methoxy groups -OCH3 is 1. The van der Waals surface area contributed by atoms with Gasteiger partial charge in [0.05, 0.1) is 12.6 Å². The zero-order valence-electron chi connectivity index (χ0n) is 12.8. The lowest BCUT2D eigenvalue weighted by molar-refractivity contribution is -0.122. The van der Waals surface area contributed by atoms with Gasteiger partial charge in [0.2, 0.25) is 5.91 Å². The Morgan fingerprint density at radius 2 is 1.90 bits per heavy atom. The number of carbonyl (C=O) groups is 1. The summed E-state index contributed by atoms with van der Waals surface area (Å²) >= 11 is 0. The first-order valence-corrected chi connectivity index (χ1v) is 7.27. The SMILES string of the molecule is CCN(CC)C(CNC(=O)CCOC)c1ccccc1. The molecular formula is C16H26N2O2. The third-order valence-electron chi connectivity index (χ3n) is 3.46. The lowest BCUT2D eigenvalue weighted by atomic mass is 10.1. The van der Waals surface area contributed by atoms with Crippen molar-refractivity contribution in [1.29, 1.82) is 0 Å². The highest BCUT2D eigenvalue weighted by atomic mass is 16.5. The van der Waals surface area contributed by atoms with Crippen molar-refractivity contribution in [3.63, 3.8) is 0 Å². The fraction of sp³-hybridized carbons (Fsp3) is 0.562. The first-order chi connectivity index (χ1) is 9.72. The molecule has 0 saturated heterocycles. The Kier molecular flexibility index (Phi) is 7.92. The molecule has 112 valence electrons. The maximum absolute atomic E-state index is 11.7. The zero-order valence-corrected chi connectivity index (χ0v) is 12.8. The van der Waals surface area contributed by atoms with Crippen molar-refractivity contribution in [3.05, 3.63) is 35.9 Å². The minimum atomic E-state index is 0.0416. The van der Waals surface area contributed by atoms with Gasteiger partial charge in [-0.15, -0.1) is 0 Å². The average Bonchev–Trinajstić information content (AvgIpc) is 2.50. The maximum atomic E-state index is 11.7. The Hall–Kier alpha value is -1.39. The van der Waals surface area contributed by atoms with Gasteiger partial charge in [-0.3, -0.25) is 9.69 Å². The van der Waals surface area contributed by atoms with E-state index < -0.39 is 0 Å². The summed E-state index contributed by atoms with van der Waals surface area (Å²) in [4.78, 5) is 14.1. The Morgan fingerprint density at radius 1 is 1.25 bits per heavy atom. The fourth-order valence-corrected chi connectivity index (χ4v) is 2.29. The number of benzene rings is 1. The zero-order chi connectivity index (χ0) is 14.8. The van der Waals surface area contributed by atoms with E-state index in [0.717, 1.165) is 13.1 Å². The molecule has 0 bridgehead atoms. The fourth-order valence-electron chi connectivity index (χ4n) is 2.29. The van der Waals surface area contributed by atoms with E-state index in [4.69, 9.17) is 4.74 Å². The van der Waals surface area contributed by atoms with Crippen molar-refractivity contribution in [2.45, 2.75) is 26.3 Å². The molecule has 0 aromatic heterocycles. The quantitative estimate of drug-likeness (QED) is 0.753. The van der Waals surface area contributed by atoms with Crippen LogP contribution in [-0.4, -0.2) is 44.2 Å². The number of hydrogen-bond donors (Lipinski definition) is 1. The summed E-state index contributed by atoms with van der Waals surface area (Å²) in [5.41, 5.74) is 1.24. The van der Waals surface area contributed by atoms with E-state index in [-0.39, 0.29) is 11.9 Å². The second kappa shape index (κ2) is 9.50. The highest BCUT2D eigenvalue weighted by molar-refractivity contribution is 5.76. The minimum Gasteiger partial charge on any atom is -0.384 e. The Labute approximate surface area is 122 Å². The molecule has 1 unspecified atom stereocenters. The molecule has 0 saturated carbocycles. The van der Waals surface area contributed by atoms with Gasteiger partial charge in [-0.2, -0.15) is 0 Å². The number of amides is 1. The first-order valence-electron chi connectivity index (χ1n) is 7.27. The van der Waals surface area contributed by atoms with E-state index in [1.165, 1.54) is 5.56 Å². The molecule has 20 heavy (non-hydrogen) atoms. The molecule has 1 N–H and O–H groups in total. The van der Waals surface area contributed by atoms with Gasteiger partial charge in [0.25, 0.3) is 0 Å². The number of hydrogen-bond acceptors (Lipinski definition) is 3. The van der Waals surface area contributed by atoms with Gasteiger partial charge in [-0.05, 0) is 18.7 Å². The minimum absolute atomic E-state index is 0.0416. The Morgan fingerprint density at radius 3 is 2.45 bits per heavy atom. The molecule has 1 rings (SSSR count). The molecular weight excluding hydrogens is 252 g/mol. The standard InChI is InChI=1S/C16H26N2O2/c1-4-18(5-2)15(14-9-7-6-8-10-14)13-17-16(19)11-12-20-3/h6-10,15H,4-5,11-13H2,1-3H3,(H,17,19). The highest BCUT2D eigenvalue weighted by Crippen LogP contribution is 2.19.